The monoisotopic (exact) mass is 510 g/mol. The van der Waals surface area contributed by atoms with E-state index in [4.69, 9.17) is 14.8 Å². The third kappa shape index (κ3) is 4.93. The maximum atomic E-state index is 12.1. The molecule has 0 aliphatic carbocycles. The molecule has 0 bridgehead atoms. The van der Waals surface area contributed by atoms with E-state index in [2.05, 4.69) is 40.6 Å². The second-order valence-corrected chi connectivity index (χ2v) is 10.4. The molecule has 8 heteroatoms. The normalized spacial score (nSPS) is 16.1. The van der Waals surface area contributed by atoms with Crippen LogP contribution >= 0.6 is 0 Å². The number of piperidine rings is 1. The van der Waals surface area contributed by atoms with Crippen molar-refractivity contribution < 1.29 is 9.53 Å². The Bertz CT molecular complexity index is 1460. The fourth-order valence-electron chi connectivity index (χ4n) is 5.65. The predicted molar refractivity (Wildman–Crippen MR) is 147 cm³/mol. The summed E-state index contributed by atoms with van der Waals surface area (Å²) in [6.45, 7) is 6.47. The molecule has 3 aromatic heterocycles. The molecular formula is C30H34N6O2. The second-order valence-electron chi connectivity index (χ2n) is 10.4. The van der Waals surface area contributed by atoms with Gasteiger partial charge in [-0.15, -0.1) is 0 Å². The highest BCUT2D eigenvalue weighted by molar-refractivity contribution is 5.97. The van der Waals surface area contributed by atoms with E-state index in [9.17, 15) is 4.79 Å². The van der Waals surface area contributed by atoms with E-state index < -0.39 is 0 Å². The van der Waals surface area contributed by atoms with Crippen molar-refractivity contribution in [2.45, 2.75) is 39.3 Å². The van der Waals surface area contributed by atoms with Gasteiger partial charge in [-0.1, -0.05) is 18.2 Å². The Morgan fingerprint density at radius 1 is 1.13 bits per heavy atom. The first-order valence-electron chi connectivity index (χ1n) is 13.5. The van der Waals surface area contributed by atoms with Crippen LogP contribution in [0.15, 0.2) is 48.8 Å². The molecule has 5 heterocycles. The van der Waals surface area contributed by atoms with Crippen LogP contribution in [0.3, 0.4) is 0 Å². The number of pyridine rings is 2. The van der Waals surface area contributed by atoms with E-state index in [1.165, 1.54) is 18.5 Å². The topological polar surface area (TPSA) is 85.2 Å². The molecule has 196 valence electrons. The van der Waals surface area contributed by atoms with Crippen molar-refractivity contribution in [2.75, 3.05) is 26.2 Å². The Hall–Kier alpha value is -3.62. The number of carbonyl (C=O) groups excluding carboxylic acids is 1. The lowest BCUT2D eigenvalue weighted by Crippen LogP contribution is -2.34. The molecule has 1 aromatic carbocycles. The number of aromatic nitrogens is 4. The third-order valence-corrected chi connectivity index (χ3v) is 7.89. The van der Waals surface area contributed by atoms with Gasteiger partial charge in [0.2, 0.25) is 5.91 Å². The number of nitrogens with zero attached hydrogens (tertiary/aromatic N) is 5. The van der Waals surface area contributed by atoms with Crippen LogP contribution in [-0.4, -0.2) is 56.8 Å². The zero-order chi connectivity index (χ0) is 26.1. The summed E-state index contributed by atoms with van der Waals surface area (Å²) in [6, 6.07) is 12.5. The van der Waals surface area contributed by atoms with Gasteiger partial charge in [0.15, 0.2) is 0 Å². The number of ether oxygens (including phenoxy) is 1. The Balaban J connectivity index is 1.22. The van der Waals surface area contributed by atoms with E-state index in [0.717, 1.165) is 77.2 Å². The van der Waals surface area contributed by atoms with Crippen molar-refractivity contribution >= 4 is 16.7 Å². The molecule has 8 nitrogen and oxygen atoms in total. The number of rotatable bonds is 6. The van der Waals surface area contributed by atoms with E-state index in [0.29, 0.717) is 19.1 Å². The Morgan fingerprint density at radius 3 is 2.79 bits per heavy atom. The highest BCUT2D eigenvalue weighted by Gasteiger charge is 2.26. The van der Waals surface area contributed by atoms with Crippen LogP contribution in [0.4, 0.5) is 0 Å². The van der Waals surface area contributed by atoms with Gasteiger partial charge in [-0.25, -0.2) is 0 Å². The molecule has 1 fully saturated rings. The van der Waals surface area contributed by atoms with Crippen LogP contribution in [0.2, 0.25) is 0 Å². The first kappa shape index (κ1) is 24.7. The van der Waals surface area contributed by atoms with Crippen LogP contribution in [-0.2, 0) is 36.2 Å². The summed E-state index contributed by atoms with van der Waals surface area (Å²) in [5.41, 5.74) is 7.11. The lowest BCUT2D eigenvalue weighted by Gasteiger charge is -2.26. The minimum atomic E-state index is 0.0997. The third-order valence-electron chi connectivity index (χ3n) is 7.89. The predicted octanol–water partition coefficient (Wildman–Crippen LogP) is 4.12. The molecule has 0 unspecified atom stereocenters. The number of amides is 1. The van der Waals surface area contributed by atoms with Gasteiger partial charge < -0.3 is 15.0 Å². The summed E-state index contributed by atoms with van der Waals surface area (Å²) in [5.74, 6) is 0.745. The summed E-state index contributed by atoms with van der Waals surface area (Å²) in [5, 5.41) is 10.4. The quantitative estimate of drug-likeness (QED) is 0.420. The molecule has 0 radical (unpaired) electrons. The fraction of sp³-hybridized carbons (Fsp3) is 0.400. The highest BCUT2D eigenvalue weighted by Crippen LogP contribution is 2.35. The molecule has 0 atom stereocenters. The van der Waals surface area contributed by atoms with E-state index in [1.807, 2.05) is 35.1 Å². The number of fused-ring (bicyclic) bond motifs is 2. The van der Waals surface area contributed by atoms with Gasteiger partial charge >= 0.3 is 0 Å². The van der Waals surface area contributed by atoms with Crippen molar-refractivity contribution in [1.82, 2.24) is 30.0 Å². The van der Waals surface area contributed by atoms with Crippen LogP contribution in [0.25, 0.3) is 33.3 Å². The smallest absolute Gasteiger partial charge is 0.219 e. The second kappa shape index (κ2) is 10.6. The molecule has 2 aliphatic rings. The van der Waals surface area contributed by atoms with Crippen molar-refractivity contribution in [2.24, 2.45) is 13.0 Å². The molecule has 4 aromatic rings. The maximum absolute atomic E-state index is 12.1. The highest BCUT2D eigenvalue weighted by atomic mass is 16.5. The number of nitrogens with one attached hydrogen (secondary N) is 1. The van der Waals surface area contributed by atoms with Gasteiger partial charge in [0.25, 0.3) is 0 Å². The molecule has 0 spiro atoms. The van der Waals surface area contributed by atoms with Gasteiger partial charge in [0, 0.05) is 73.6 Å². The Kier molecular flexibility index (Phi) is 6.91. The minimum Gasteiger partial charge on any atom is -0.375 e. The van der Waals surface area contributed by atoms with Crippen molar-refractivity contribution in [3.63, 3.8) is 0 Å². The number of carbonyl (C=O) groups is 1. The Morgan fingerprint density at radius 2 is 2.00 bits per heavy atom. The summed E-state index contributed by atoms with van der Waals surface area (Å²) >= 11 is 0. The van der Waals surface area contributed by atoms with E-state index in [1.54, 1.807) is 6.92 Å². The molecular weight excluding hydrogens is 476 g/mol. The number of hydrogen-bond donors (Lipinski definition) is 1. The minimum absolute atomic E-state index is 0.0997. The number of benzene rings is 1. The maximum Gasteiger partial charge on any atom is 0.219 e. The molecule has 2 aliphatic heterocycles. The molecule has 1 amide bonds. The average Bonchev–Trinajstić information content (AvgIpc) is 3.28. The zero-order valence-corrected chi connectivity index (χ0v) is 22.1. The zero-order valence-electron chi connectivity index (χ0n) is 22.1. The lowest BCUT2D eigenvalue weighted by atomic mass is 9.97. The molecule has 38 heavy (non-hydrogen) atoms. The summed E-state index contributed by atoms with van der Waals surface area (Å²) in [4.78, 5) is 23.4. The largest absolute Gasteiger partial charge is 0.375 e. The van der Waals surface area contributed by atoms with Gasteiger partial charge in [-0.05, 0) is 55.4 Å². The van der Waals surface area contributed by atoms with Crippen molar-refractivity contribution in [3.8, 4) is 22.5 Å². The number of hydrogen-bond acceptors (Lipinski definition) is 6. The van der Waals surface area contributed by atoms with E-state index >= 15 is 0 Å². The fourth-order valence-corrected chi connectivity index (χ4v) is 5.65. The van der Waals surface area contributed by atoms with Crippen LogP contribution in [0, 0.1) is 5.92 Å². The lowest BCUT2D eigenvalue weighted by molar-refractivity contribution is -0.129. The molecule has 1 saturated heterocycles. The van der Waals surface area contributed by atoms with Crippen LogP contribution < -0.4 is 5.32 Å². The van der Waals surface area contributed by atoms with Crippen molar-refractivity contribution in [1.29, 1.82) is 0 Å². The first-order valence-corrected chi connectivity index (χ1v) is 13.5. The van der Waals surface area contributed by atoms with Gasteiger partial charge in [-0.2, -0.15) is 5.10 Å². The SMILES string of the molecule is CC(=O)N1CCc2c(c(-c3cccc4cc(-c5ccc(COCC6CCNCC6)nc5)ncc34)nn2C)C1. The van der Waals surface area contributed by atoms with Gasteiger partial charge in [0.1, 0.15) is 0 Å². The first-order chi connectivity index (χ1) is 18.6. The van der Waals surface area contributed by atoms with Crippen molar-refractivity contribution in [3.05, 3.63) is 65.7 Å². The summed E-state index contributed by atoms with van der Waals surface area (Å²) < 4.78 is 7.91. The molecule has 6 rings (SSSR count). The summed E-state index contributed by atoms with van der Waals surface area (Å²) in [7, 11) is 1.99. The molecule has 1 N–H and O–H groups in total. The van der Waals surface area contributed by atoms with Gasteiger partial charge in [0.05, 0.1) is 30.3 Å². The number of aryl methyl sites for hydroxylation is 1. The summed E-state index contributed by atoms with van der Waals surface area (Å²) in [6.07, 6.45) is 7.00. The van der Waals surface area contributed by atoms with Gasteiger partial charge in [-0.3, -0.25) is 19.4 Å². The van der Waals surface area contributed by atoms with Crippen LogP contribution in [0.5, 0.6) is 0 Å². The standard InChI is InChI=1S/C30H34N6O2/c1-20(37)36-13-10-29-27(17-36)30(34-35(29)2)25-5-3-4-22-14-28(33-16-26(22)25)23-6-7-24(32-15-23)19-38-18-21-8-11-31-12-9-21/h3-7,14-16,21,31H,8-13,17-19H2,1-2H3. The molecule has 0 saturated carbocycles. The van der Waals surface area contributed by atoms with E-state index in [-0.39, 0.29) is 5.91 Å². The average molecular weight is 511 g/mol. The Labute approximate surface area is 223 Å². The van der Waals surface area contributed by atoms with Crippen LogP contribution in [0.1, 0.15) is 36.7 Å².